The van der Waals surface area contributed by atoms with Gasteiger partial charge in [-0.15, -0.1) is 0 Å². The second-order valence-corrected chi connectivity index (χ2v) is 2.14. The first-order valence-corrected chi connectivity index (χ1v) is 3.67. The Morgan fingerprint density at radius 3 is 3.15 bits per heavy atom. The molecule has 0 aromatic carbocycles. The molecule has 1 aromatic heterocycles. The van der Waals surface area contributed by atoms with Gasteiger partial charge >= 0.3 is 0 Å². The van der Waals surface area contributed by atoms with Gasteiger partial charge in [0.25, 0.3) is 5.91 Å². The van der Waals surface area contributed by atoms with Crippen LogP contribution in [0.15, 0.2) is 18.6 Å². The predicted molar refractivity (Wildman–Crippen MR) is 45.7 cm³/mol. The quantitative estimate of drug-likeness (QED) is 0.618. The molecule has 0 fully saturated rings. The molecule has 0 aliphatic rings. The van der Waals surface area contributed by atoms with Crippen LogP contribution in [-0.4, -0.2) is 29.5 Å². The van der Waals surface area contributed by atoms with Crippen LogP contribution in [-0.2, 0) is 9.63 Å². The average Bonchev–Trinajstić information content (AvgIpc) is 2.16. The molecule has 13 heavy (non-hydrogen) atoms. The van der Waals surface area contributed by atoms with E-state index < -0.39 is 0 Å². The number of hydrogen-bond acceptors (Lipinski definition) is 5. The van der Waals surface area contributed by atoms with Crippen molar-refractivity contribution < 1.29 is 9.63 Å². The zero-order valence-corrected chi connectivity index (χ0v) is 7.15. The van der Waals surface area contributed by atoms with Crippen molar-refractivity contribution in [2.24, 2.45) is 0 Å². The number of nitrogens with one attached hydrogen (secondary N) is 2. The van der Waals surface area contributed by atoms with Crippen molar-refractivity contribution in [3.05, 3.63) is 18.6 Å². The summed E-state index contributed by atoms with van der Waals surface area (Å²) >= 11 is 0. The minimum atomic E-state index is -0.270. The molecule has 1 heterocycles. The molecule has 1 rings (SSSR count). The third-order valence-corrected chi connectivity index (χ3v) is 1.20. The van der Waals surface area contributed by atoms with Gasteiger partial charge in [0.2, 0.25) is 0 Å². The standard InChI is InChI=1S/C7H10N4O2/c1-8-13-4-7(12)11-6-2-3-9-5-10-6/h2-3,5,8H,4H2,1H3,(H,9,10,11,12). The van der Waals surface area contributed by atoms with Crippen molar-refractivity contribution in [3.8, 4) is 0 Å². The molecule has 0 spiro atoms. The number of hydrogen-bond donors (Lipinski definition) is 2. The summed E-state index contributed by atoms with van der Waals surface area (Å²) in [7, 11) is 1.58. The maximum atomic E-state index is 11.0. The highest BCUT2D eigenvalue weighted by Crippen LogP contribution is 1.96. The Bertz CT molecular complexity index is 264. The molecule has 6 heteroatoms. The minimum absolute atomic E-state index is 0.0551. The summed E-state index contributed by atoms with van der Waals surface area (Å²) in [6.45, 7) is -0.0551. The van der Waals surface area contributed by atoms with E-state index in [9.17, 15) is 4.79 Å². The molecule has 1 aromatic rings. The molecule has 0 unspecified atom stereocenters. The van der Waals surface area contributed by atoms with Crippen molar-refractivity contribution in [3.63, 3.8) is 0 Å². The molecule has 70 valence electrons. The lowest BCUT2D eigenvalue weighted by Gasteiger charge is -2.02. The summed E-state index contributed by atoms with van der Waals surface area (Å²) in [5.41, 5.74) is 2.39. The van der Waals surface area contributed by atoms with Crippen molar-refractivity contribution in [2.45, 2.75) is 0 Å². The summed E-state index contributed by atoms with van der Waals surface area (Å²) in [5.74, 6) is 0.188. The van der Waals surface area contributed by atoms with Gasteiger partial charge in [-0.1, -0.05) is 0 Å². The normalized spacial score (nSPS) is 9.62. The van der Waals surface area contributed by atoms with E-state index in [1.807, 2.05) is 0 Å². The molecule has 0 aliphatic carbocycles. The number of carbonyl (C=O) groups excluding carboxylic acids is 1. The zero-order chi connectivity index (χ0) is 9.52. The average molecular weight is 182 g/mol. The maximum absolute atomic E-state index is 11.0. The Hall–Kier alpha value is -1.53. The molecule has 0 bridgehead atoms. The Morgan fingerprint density at radius 1 is 1.69 bits per heavy atom. The van der Waals surface area contributed by atoms with Crippen molar-refractivity contribution in [2.75, 3.05) is 19.0 Å². The Balaban J connectivity index is 2.37. The van der Waals surface area contributed by atoms with Crippen LogP contribution in [0.3, 0.4) is 0 Å². The highest BCUT2D eigenvalue weighted by molar-refractivity contribution is 5.90. The lowest BCUT2D eigenvalue weighted by Crippen LogP contribution is -2.22. The van der Waals surface area contributed by atoms with Gasteiger partial charge in [-0.05, 0) is 6.07 Å². The smallest absolute Gasteiger partial charge is 0.253 e. The molecule has 0 saturated carbocycles. The number of rotatable bonds is 4. The van der Waals surface area contributed by atoms with Gasteiger partial charge in [0.05, 0.1) is 0 Å². The van der Waals surface area contributed by atoms with Crippen LogP contribution in [0, 0.1) is 0 Å². The van der Waals surface area contributed by atoms with Crippen molar-refractivity contribution >= 4 is 11.7 Å². The first kappa shape index (κ1) is 9.56. The summed E-state index contributed by atoms with van der Waals surface area (Å²) in [6.07, 6.45) is 2.90. The molecule has 2 N–H and O–H groups in total. The van der Waals surface area contributed by atoms with Crippen LogP contribution >= 0.6 is 0 Å². The van der Waals surface area contributed by atoms with E-state index in [-0.39, 0.29) is 12.5 Å². The van der Waals surface area contributed by atoms with E-state index in [0.717, 1.165) is 0 Å². The van der Waals surface area contributed by atoms with E-state index >= 15 is 0 Å². The second kappa shape index (κ2) is 5.18. The molecule has 0 saturated heterocycles. The fourth-order valence-electron chi connectivity index (χ4n) is 0.681. The summed E-state index contributed by atoms with van der Waals surface area (Å²) in [6, 6.07) is 1.59. The van der Waals surface area contributed by atoms with E-state index in [0.29, 0.717) is 5.82 Å². The van der Waals surface area contributed by atoms with Crippen LogP contribution in [0.4, 0.5) is 5.82 Å². The summed E-state index contributed by atoms with van der Waals surface area (Å²) < 4.78 is 0. The number of hydroxylamine groups is 1. The zero-order valence-electron chi connectivity index (χ0n) is 7.15. The van der Waals surface area contributed by atoms with Crippen molar-refractivity contribution in [1.82, 2.24) is 15.4 Å². The van der Waals surface area contributed by atoms with Crippen LogP contribution in [0.2, 0.25) is 0 Å². The van der Waals surface area contributed by atoms with E-state index in [1.165, 1.54) is 6.33 Å². The lowest BCUT2D eigenvalue weighted by molar-refractivity contribution is -0.122. The minimum Gasteiger partial charge on any atom is -0.309 e. The van der Waals surface area contributed by atoms with Gasteiger partial charge in [-0.3, -0.25) is 9.63 Å². The van der Waals surface area contributed by atoms with Crippen molar-refractivity contribution in [1.29, 1.82) is 0 Å². The fourth-order valence-corrected chi connectivity index (χ4v) is 0.681. The van der Waals surface area contributed by atoms with Gasteiger partial charge in [-0.2, -0.15) is 0 Å². The lowest BCUT2D eigenvalue weighted by atomic mass is 10.5. The summed E-state index contributed by atoms with van der Waals surface area (Å²) in [5, 5.41) is 2.52. The Kier molecular flexibility index (Phi) is 3.80. The SMILES string of the molecule is CNOCC(=O)Nc1ccncn1. The number of nitrogens with zero attached hydrogens (tertiary/aromatic N) is 2. The topological polar surface area (TPSA) is 76.1 Å². The first-order valence-electron chi connectivity index (χ1n) is 3.67. The van der Waals surface area contributed by atoms with E-state index in [2.05, 4.69) is 25.6 Å². The first-order chi connectivity index (χ1) is 6.33. The molecule has 0 aliphatic heterocycles. The Morgan fingerprint density at radius 2 is 2.54 bits per heavy atom. The number of amides is 1. The second-order valence-electron chi connectivity index (χ2n) is 2.14. The third kappa shape index (κ3) is 3.59. The molecular formula is C7H10N4O2. The van der Waals surface area contributed by atoms with Gasteiger partial charge < -0.3 is 5.32 Å². The maximum Gasteiger partial charge on any atom is 0.253 e. The fraction of sp³-hybridized carbons (Fsp3) is 0.286. The highest BCUT2D eigenvalue weighted by atomic mass is 16.6. The van der Waals surface area contributed by atoms with Gasteiger partial charge in [-0.25, -0.2) is 15.4 Å². The van der Waals surface area contributed by atoms with Crippen LogP contribution in [0.1, 0.15) is 0 Å². The van der Waals surface area contributed by atoms with E-state index in [4.69, 9.17) is 0 Å². The molecule has 0 radical (unpaired) electrons. The predicted octanol–water partition coefficient (Wildman–Crippen LogP) is -0.434. The van der Waals surface area contributed by atoms with Gasteiger partial charge in [0.1, 0.15) is 18.8 Å². The molecule has 6 nitrogen and oxygen atoms in total. The van der Waals surface area contributed by atoms with Crippen LogP contribution < -0.4 is 10.8 Å². The molecule has 0 atom stereocenters. The monoisotopic (exact) mass is 182 g/mol. The largest absolute Gasteiger partial charge is 0.309 e. The highest BCUT2D eigenvalue weighted by Gasteiger charge is 2.01. The van der Waals surface area contributed by atoms with Crippen LogP contribution in [0.5, 0.6) is 0 Å². The van der Waals surface area contributed by atoms with Gasteiger partial charge in [0, 0.05) is 13.2 Å². The number of anilines is 1. The van der Waals surface area contributed by atoms with E-state index in [1.54, 1.807) is 19.3 Å². The summed E-state index contributed by atoms with van der Waals surface area (Å²) in [4.78, 5) is 23.2. The number of aromatic nitrogens is 2. The third-order valence-electron chi connectivity index (χ3n) is 1.20. The Labute approximate surface area is 75.3 Å². The van der Waals surface area contributed by atoms with Gasteiger partial charge in [0.15, 0.2) is 0 Å². The molecular weight excluding hydrogens is 172 g/mol. The van der Waals surface area contributed by atoms with Crippen LogP contribution in [0.25, 0.3) is 0 Å². The number of carbonyl (C=O) groups is 1. The molecule has 1 amide bonds.